The fourth-order valence-corrected chi connectivity index (χ4v) is 2.42. The molecule has 3 N–H and O–H groups in total. The molecule has 1 aromatic carbocycles. The zero-order valence-corrected chi connectivity index (χ0v) is 13.9. The Morgan fingerprint density at radius 2 is 2.04 bits per heavy atom. The number of hydrogen-bond donors (Lipinski definition) is 3. The number of hydrogen-bond acceptors (Lipinski definition) is 5. The van der Waals surface area contributed by atoms with E-state index in [4.69, 9.17) is 4.74 Å². The molecule has 0 unspecified atom stereocenters. The number of aryl methyl sites for hydroxylation is 1. The molecule has 0 radical (unpaired) electrons. The van der Waals surface area contributed by atoms with Crippen LogP contribution >= 0.6 is 0 Å². The second-order valence-corrected chi connectivity index (χ2v) is 5.68. The third kappa shape index (κ3) is 2.80. The number of benzene rings is 1. The molecular formula is C16H17N5O4. The van der Waals surface area contributed by atoms with Crippen LogP contribution in [-0.2, 0) is 16.6 Å². The zero-order valence-electron chi connectivity index (χ0n) is 13.9. The van der Waals surface area contributed by atoms with Crippen LogP contribution in [0, 0.1) is 0 Å². The van der Waals surface area contributed by atoms with Gasteiger partial charge in [0.05, 0.1) is 11.4 Å². The molecule has 1 aromatic heterocycles. The van der Waals surface area contributed by atoms with Gasteiger partial charge in [0.2, 0.25) is 0 Å². The van der Waals surface area contributed by atoms with E-state index in [1.807, 2.05) is 0 Å². The summed E-state index contributed by atoms with van der Waals surface area (Å²) in [6.45, 7) is 1.36. The van der Waals surface area contributed by atoms with Gasteiger partial charge in [-0.05, 0) is 19.1 Å². The minimum atomic E-state index is -1.79. The van der Waals surface area contributed by atoms with Gasteiger partial charge in [-0.25, -0.2) is 0 Å². The lowest BCUT2D eigenvalue weighted by molar-refractivity contribution is -0.143. The number of nitrogens with zero attached hydrogens (tertiary/aromatic N) is 2. The van der Waals surface area contributed by atoms with Gasteiger partial charge in [0.1, 0.15) is 5.75 Å². The van der Waals surface area contributed by atoms with Gasteiger partial charge < -0.3 is 20.7 Å². The van der Waals surface area contributed by atoms with Gasteiger partial charge in [-0.3, -0.25) is 19.1 Å². The third-order valence-corrected chi connectivity index (χ3v) is 3.84. The van der Waals surface area contributed by atoms with Crippen molar-refractivity contribution >= 4 is 29.1 Å². The number of rotatable bonds is 3. The minimum Gasteiger partial charge on any atom is -0.466 e. The van der Waals surface area contributed by atoms with Crippen molar-refractivity contribution in [3.63, 3.8) is 0 Å². The molecule has 0 saturated carbocycles. The largest absolute Gasteiger partial charge is 0.466 e. The number of aromatic nitrogens is 2. The standard InChI is InChI=1S/C16H17N5O4/c1-16(14(23)18-9-6-4-5-7-11(9)25-16)15(24)19-10-8-21(3)20-12(10)13(22)17-2/h4-8H,1-3H3,(H,17,22)(H,18,23)(H,19,24)/t16-/m1/s1. The van der Waals surface area contributed by atoms with Crippen LogP contribution in [0.2, 0.25) is 0 Å². The van der Waals surface area contributed by atoms with Gasteiger partial charge >= 0.3 is 0 Å². The molecule has 0 aliphatic carbocycles. The van der Waals surface area contributed by atoms with Gasteiger partial charge in [-0.1, -0.05) is 12.1 Å². The van der Waals surface area contributed by atoms with Crippen molar-refractivity contribution < 1.29 is 19.1 Å². The molecule has 0 saturated heterocycles. The van der Waals surface area contributed by atoms with Crippen LogP contribution in [0.5, 0.6) is 5.75 Å². The molecule has 3 rings (SSSR count). The molecular weight excluding hydrogens is 326 g/mol. The van der Waals surface area contributed by atoms with Crippen molar-refractivity contribution in [2.75, 3.05) is 17.7 Å². The predicted molar refractivity (Wildman–Crippen MR) is 89.3 cm³/mol. The van der Waals surface area contributed by atoms with E-state index in [1.165, 1.54) is 24.9 Å². The summed E-state index contributed by atoms with van der Waals surface area (Å²) in [4.78, 5) is 37.0. The molecule has 2 aromatic rings. The highest BCUT2D eigenvalue weighted by Gasteiger charge is 2.47. The minimum absolute atomic E-state index is 0.0403. The Morgan fingerprint density at radius 3 is 2.76 bits per heavy atom. The van der Waals surface area contributed by atoms with E-state index in [1.54, 1.807) is 31.3 Å². The first-order valence-electron chi connectivity index (χ1n) is 7.52. The van der Waals surface area contributed by atoms with E-state index in [0.29, 0.717) is 11.4 Å². The van der Waals surface area contributed by atoms with Crippen molar-refractivity contribution in [2.45, 2.75) is 12.5 Å². The van der Waals surface area contributed by atoms with E-state index in [-0.39, 0.29) is 11.4 Å². The topological polar surface area (TPSA) is 114 Å². The Kier molecular flexibility index (Phi) is 3.91. The van der Waals surface area contributed by atoms with E-state index < -0.39 is 23.3 Å². The highest BCUT2D eigenvalue weighted by molar-refractivity contribution is 6.19. The zero-order chi connectivity index (χ0) is 18.2. The normalized spacial score (nSPS) is 18.6. The van der Waals surface area contributed by atoms with E-state index in [2.05, 4.69) is 21.0 Å². The number of para-hydroxylation sites is 2. The molecule has 130 valence electrons. The number of nitrogens with one attached hydrogen (secondary N) is 3. The SMILES string of the molecule is CNC(=O)c1nn(C)cc1NC(=O)[C@]1(C)Oc2ccccc2NC1=O. The van der Waals surface area contributed by atoms with Crippen molar-refractivity contribution in [3.8, 4) is 5.75 Å². The maximum atomic E-state index is 12.7. The van der Waals surface area contributed by atoms with E-state index in [9.17, 15) is 14.4 Å². The summed E-state index contributed by atoms with van der Waals surface area (Å²) in [6.07, 6.45) is 1.47. The molecule has 0 spiro atoms. The Balaban J connectivity index is 1.89. The monoisotopic (exact) mass is 343 g/mol. The Bertz CT molecular complexity index is 875. The Hall–Kier alpha value is -3.36. The number of fused-ring (bicyclic) bond motifs is 1. The van der Waals surface area contributed by atoms with Crippen LogP contribution in [0.1, 0.15) is 17.4 Å². The summed E-state index contributed by atoms with van der Waals surface area (Å²) in [7, 11) is 3.07. The quantitative estimate of drug-likeness (QED) is 0.703. The van der Waals surface area contributed by atoms with Crippen LogP contribution in [0.4, 0.5) is 11.4 Å². The summed E-state index contributed by atoms with van der Waals surface area (Å²) >= 11 is 0. The van der Waals surface area contributed by atoms with Gasteiger partial charge in [0.15, 0.2) is 5.69 Å². The lowest BCUT2D eigenvalue weighted by atomic mass is 10.0. The average Bonchev–Trinajstić information content (AvgIpc) is 2.95. The molecule has 0 bridgehead atoms. The van der Waals surface area contributed by atoms with E-state index >= 15 is 0 Å². The van der Waals surface area contributed by atoms with Gasteiger partial charge in [-0.2, -0.15) is 5.10 Å². The van der Waals surface area contributed by atoms with Crippen LogP contribution < -0.4 is 20.7 Å². The first-order valence-corrected chi connectivity index (χ1v) is 7.52. The average molecular weight is 343 g/mol. The van der Waals surface area contributed by atoms with Crippen molar-refractivity contribution in [1.82, 2.24) is 15.1 Å². The first kappa shape index (κ1) is 16.5. The lowest BCUT2D eigenvalue weighted by Crippen LogP contribution is -2.56. The maximum Gasteiger partial charge on any atom is 0.278 e. The van der Waals surface area contributed by atoms with Crippen LogP contribution in [0.3, 0.4) is 0 Å². The molecule has 1 aliphatic rings. The molecule has 1 aliphatic heterocycles. The molecule has 25 heavy (non-hydrogen) atoms. The lowest BCUT2D eigenvalue weighted by Gasteiger charge is -2.33. The second kappa shape index (κ2) is 5.93. The third-order valence-electron chi connectivity index (χ3n) is 3.84. The molecule has 9 nitrogen and oxygen atoms in total. The summed E-state index contributed by atoms with van der Waals surface area (Å²) in [5.74, 6) is -1.38. The molecule has 9 heteroatoms. The van der Waals surface area contributed by atoms with Crippen LogP contribution in [0.15, 0.2) is 30.5 Å². The maximum absolute atomic E-state index is 12.7. The first-order chi connectivity index (χ1) is 11.8. The number of amides is 3. The summed E-state index contributed by atoms with van der Waals surface area (Å²) in [5, 5.41) is 11.6. The molecule has 1 atom stereocenters. The number of carbonyl (C=O) groups is 3. The summed E-state index contributed by atoms with van der Waals surface area (Å²) in [5.41, 5.74) is -1.07. The van der Waals surface area contributed by atoms with Gasteiger partial charge in [0.25, 0.3) is 23.3 Å². The number of ether oxygens (including phenoxy) is 1. The van der Waals surface area contributed by atoms with Gasteiger partial charge in [-0.15, -0.1) is 0 Å². The van der Waals surface area contributed by atoms with Crippen molar-refractivity contribution in [2.24, 2.45) is 7.05 Å². The summed E-state index contributed by atoms with van der Waals surface area (Å²) in [6, 6.07) is 6.81. The smallest absolute Gasteiger partial charge is 0.278 e. The highest BCUT2D eigenvalue weighted by Crippen LogP contribution is 2.33. The molecule has 3 amide bonds. The number of anilines is 2. The predicted octanol–water partition coefficient (Wildman–Crippen LogP) is 0.508. The second-order valence-electron chi connectivity index (χ2n) is 5.68. The Morgan fingerprint density at radius 1 is 1.32 bits per heavy atom. The Labute approximate surface area is 143 Å². The van der Waals surface area contributed by atoms with Crippen LogP contribution in [0.25, 0.3) is 0 Å². The molecule has 2 heterocycles. The summed E-state index contributed by atoms with van der Waals surface area (Å²) < 4.78 is 7.04. The molecule has 0 fully saturated rings. The fraction of sp³-hybridized carbons (Fsp3) is 0.250. The van der Waals surface area contributed by atoms with Crippen molar-refractivity contribution in [1.29, 1.82) is 0 Å². The highest BCUT2D eigenvalue weighted by atomic mass is 16.5. The number of carbonyl (C=O) groups excluding carboxylic acids is 3. The fourth-order valence-electron chi connectivity index (χ4n) is 2.42. The van der Waals surface area contributed by atoms with E-state index in [0.717, 1.165) is 0 Å². The van der Waals surface area contributed by atoms with Crippen molar-refractivity contribution in [3.05, 3.63) is 36.2 Å². The van der Waals surface area contributed by atoms with Crippen LogP contribution in [-0.4, -0.2) is 40.2 Å². The van der Waals surface area contributed by atoms with Gasteiger partial charge in [0, 0.05) is 20.3 Å².